The van der Waals surface area contributed by atoms with Crippen molar-refractivity contribution < 1.29 is 0 Å². The molecule has 0 fully saturated rings. The molecule has 0 aliphatic rings. The molecular formula is C16H24N6. The van der Waals surface area contributed by atoms with Crippen LogP contribution < -0.4 is 10.6 Å². The van der Waals surface area contributed by atoms with E-state index in [1.165, 1.54) is 5.56 Å². The molecule has 1 aromatic carbocycles. The smallest absolute Gasteiger partial charge is 0.249 e. The van der Waals surface area contributed by atoms with Gasteiger partial charge in [-0.15, -0.1) is 5.10 Å². The van der Waals surface area contributed by atoms with E-state index in [-0.39, 0.29) is 0 Å². The van der Waals surface area contributed by atoms with Crippen molar-refractivity contribution in [1.29, 1.82) is 0 Å². The Morgan fingerprint density at radius 3 is 2.59 bits per heavy atom. The Bertz CT molecular complexity index is 567. The van der Waals surface area contributed by atoms with Gasteiger partial charge < -0.3 is 15.5 Å². The molecule has 2 rings (SSSR count). The first kappa shape index (κ1) is 16.2. The van der Waals surface area contributed by atoms with E-state index >= 15 is 0 Å². The van der Waals surface area contributed by atoms with E-state index in [2.05, 4.69) is 63.9 Å². The van der Waals surface area contributed by atoms with Crippen molar-refractivity contribution in [3.05, 3.63) is 36.0 Å². The van der Waals surface area contributed by atoms with Crippen LogP contribution in [0.1, 0.15) is 18.9 Å². The zero-order chi connectivity index (χ0) is 15.8. The summed E-state index contributed by atoms with van der Waals surface area (Å²) in [5, 5.41) is 14.4. The zero-order valence-electron chi connectivity index (χ0n) is 13.5. The SMILES string of the molecule is CCc1ccc(Nc2nncc(NCCCN(C)C)n2)cc1. The Morgan fingerprint density at radius 1 is 1.14 bits per heavy atom. The number of anilines is 3. The summed E-state index contributed by atoms with van der Waals surface area (Å²) in [6.45, 7) is 4.04. The number of nitrogens with zero attached hydrogens (tertiary/aromatic N) is 4. The fourth-order valence-electron chi connectivity index (χ4n) is 2.01. The number of hydrogen-bond acceptors (Lipinski definition) is 6. The quantitative estimate of drug-likeness (QED) is 0.730. The maximum absolute atomic E-state index is 4.42. The monoisotopic (exact) mass is 300 g/mol. The van der Waals surface area contributed by atoms with Gasteiger partial charge in [0.25, 0.3) is 0 Å². The molecule has 0 amide bonds. The lowest BCUT2D eigenvalue weighted by Crippen LogP contribution is -2.16. The van der Waals surface area contributed by atoms with Gasteiger partial charge in [0.05, 0.1) is 6.20 Å². The van der Waals surface area contributed by atoms with E-state index in [9.17, 15) is 0 Å². The van der Waals surface area contributed by atoms with Crippen molar-refractivity contribution in [2.45, 2.75) is 19.8 Å². The molecule has 2 N–H and O–H groups in total. The molecule has 0 saturated heterocycles. The molecule has 0 saturated carbocycles. The molecular weight excluding hydrogens is 276 g/mol. The Hall–Kier alpha value is -2.21. The normalized spacial score (nSPS) is 10.7. The van der Waals surface area contributed by atoms with E-state index in [1.807, 2.05) is 12.1 Å². The second-order valence-electron chi connectivity index (χ2n) is 5.42. The van der Waals surface area contributed by atoms with Gasteiger partial charge in [0, 0.05) is 12.2 Å². The Balaban J connectivity index is 1.90. The molecule has 118 valence electrons. The van der Waals surface area contributed by atoms with E-state index in [4.69, 9.17) is 0 Å². The summed E-state index contributed by atoms with van der Waals surface area (Å²) in [7, 11) is 4.14. The van der Waals surface area contributed by atoms with Crippen LogP contribution in [0.2, 0.25) is 0 Å². The first-order chi connectivity index (χ1) is 10.7. The minimum Gasteiger partial charge on any atom is -0.369 e. The number of aryl methyl sites for hydroxylation is 1. The maximum Gasteiger partial charge on any atom is 0.249 e. The van der Waals surface area contributed by atoms with Crippen LogP contribution in [0.25, 0.3) is 0 Å². The molecule has 0 aliphatic heterocycles. The molecule has 0 radical (unpaired) electrons. The van der Waals surface area contributed by atoms with Crippen molar-refractivity contribution in [2.75, 3.05) is 37.8 Å². The number of aromatic nitrogens is 3. The second kappa shape index (κ2) is 8.29. The van der Waals surface area contributed by atoms with Gasteiger partial charge in [-0.05, 0) is 51.2 Å². The van der Waals surface area contributed by atoms with Crippen LogP contribution >= 0.6 is 0 Å². The molecule has 22 heavy (non-hydrogen) atoms. The Morgan fingerprint density at radius 2 is 1.91 bits per heavy atom. The van der Waals surface area contributed by atoms with Crippen molar-refractivity contribution in [2.24, 2.45) is 0 Å². The number of benzene rings is 1. The van der Waals surface area contributed by atoms with Gasteiger partial charge in [-0.1, -0.05) is 19.1 Å². The van der Waals surface area contributed by atoms with Crippen molar-refractivity contribution in [3.63, 3.8) is 0 Å². The Labute approximate surface area is 132 Å². The third kappa shape index (κ3) is 5.29. The topological polar surface area (TPSA) is 66.0 Å². The van der Waals surface area contributed by atoms with Crippen molar-refractivity contribution in [1.82, 2.24) is 20.1 Å². The molecule has 0 bridgehead atoms. The van der Waals surface area contributed by atoms with Gasteiger partial charge in [0.2, 0.25) is 5.95 Å². The fraction of sp³-hybridized carbons (Fsp3) is 0.438. The number of nitrogens with one attached hydrogen (secondary N) is 2. The highest BCUT2D eigenvalue weighted by Crippen LogP contribution is 2.14. The van der Waals surface area contributed by atoms with Crippen LogP contribution in [-0.4, -0.2) is 47.3 Å². The van der Waals surface area contributed by atoms with Gasteiger partial charge in [0.1, 0.15) is 0 Å². The van der Waals surface area contributed by atoms with E-state index < -0.39 is 0 Å². The fourth-order valence-corrected chi connectivity index (χ4v) is 2.01. The van der Waals surface area contributed by atoms with Crippen molar-refractivity contribution >= 4 is 17.5 Å². The maximum atomic E-state index is 4.42. The average Bonchev–Trinajstić information content (AvgIpc) is 2.52. The molecule has 2 aromatic rings. The summed E-state index contributed by atoms with van der Waals surface area (Å²) in [4.78, 5) is 6.58. The first-order valence-electron chi connectivity index (χ1n) is 7.61. The summed E-state index contributed by atoms with van der Waals surface area (Å²) in [6, 6.07) is 8.25. The highest BCUT2D eigenvalue weighted by atomic mass is 15.3. The lowest BCUT2D eigenvalue weighted by atomic mass is 10.1. The molecule has 6 nitrogen and oxygen atoms in total. The minimum absolute atomic E-state index is 0.502. The van der Waals surface area contributed by atoms with Crippen LogP contribution in [0.3, 0.4) is 0 Å². The average molecular weight is 300 g/mol. The molecule has 0 aliphatic carbocycles. The van der Waals surface area contributed by atoms with Gasteiger partial charge in [-0.3, -0.25) is 0 Å². The van der Waals surface area contributed by atoms with E-state index in [0.717, 1.165) is 37.4 Å². The zero-order valence-corrected chi connectivity index (χ0v) is 13.5. The van der Waals surface area contributed by atoms with E-state index in [1.54, 1.807) is 6.20 Å². The van der Waals surface area contributed by atoms with Gasteiger partial charge in [0.15, 0.2) is 5.82 Å². The lowest BCUT2D eigenvalue weighted by molar-refractivity contribution is 0.405. The molecule has 1 aromatic heterocycles. The van der Waals surface area contributed by atoms with E-state index in [0.29, 0.717) is 5.95 Å². The first-order valence-corrected chi connectivity index (χ1v) is 7.61. The molecule has 0 spiro atoms. The number of hydrogen-bond donors (Lipinski definition) is 2. The highest BCUT2D eigenvalue weighted by molar-refractivity contribution is 5.54. The molecule has 0 unspecified atom stereocenters. The predicted octanol–water partition coefficient (Wildman–Crippen LogP) is 2.54. The lowest BCUT2D eigenvalue weighted by Gasteiger charge is -2.10. The van der Waals surface area contributed by atoms with Crippen LogP contribution in [-0.2, 0) is 6.42 Å². The Kier molecular flexibility index (Phi) is 6.09. The van der Waals surface area contributed by atoms with Gasteiger partial charge in [-0.2, -0.15) is 10.1 Å². The summed E-state index contributed by atoms with van der Waals surface area (Å²) in [5.41, 5.74) is 2.27. The summed E-state index contributed by atoms with van der Waals surface area (Å²) in [6.07, 6.45) is 3.73. The van der Waals surface area contributed by atoms with Crippen molar-refractivity contribution in [3.8, 4) is 0 Å². The van der Waals surface area contributed by atoms with Crippen LogP contribution in [0.5, 0.6) is 0 Å². The molecule has 1 heterocycles. The second-order valence-corrected chi connectivity index (χ2v) is 5.42. The summed E-state index contributed by atoms with van der Waals surface area (Å²) >= 11 is 0. The largest absolute Gasteiger partial charge is 0.369 e. The number of rotatable bonds is 8. The van der Waals surface area contributed by atoms with Crippen LogP contribution in [0.4, 0.5) is 17.5 Å². The molecule has 6 heteroatoms. The third-order valence-corrected chi connectivity index (χ3v) is 3.27. The molecule has 0 atom stereocenters. The third-order valence-electron chi connectivity index (χ3n) is 3.27. The van der Waals surface area contributed by atoms with Crippen LogP contribution in [0.15, 0.2) is 30.5 Å². The van der Waals surface area contributed by atoms with Gasteiger partial charge in [-0.25, -0.2) is 0 Å². The summed E-state index contributed by atoms with van der Waals surface area (Å²) in [5.74, 6) is 1.24. The van der Waals surface area contributed by atoms with Gasteiger partial charge >= 0.3 is 0 Å². The minimum atomic E-state index is 0.502. The van der Waals surface area contributed by atoms with Crippen LogP contribution in [0, 0.1) is 0 Å². The summed E-state index contributed by atoms with van der Waals surface area (Å²) < 4.78 is 0. The predicted molar refractivity (Wildman–Crippen MR) is 90.6 cm³/mol. The standard InChI is InChI=1S/C16H24N6/c1-4-13-6-8-14(9-7-13)19-16-20-15(12-18-21-16)17-10-5-11-22(2)3/h6-9,12H,4-5,10-11H2,1-3H3,(H2,17,19,20,21). The highest BCUT2D eigenvalue weighted by Gasteiger charge is 2.01.